The zero-order valence-electron chi connectivity index (χ0n) is 14.0. The highest BCUT2D eigenvalue weighted by atomic mass is 16.5. The summed E-state index contributed by atoms with van der Waals surface area (Å²) >= 11 is 0. The Kier molecular flexibility index (Phi) is 4.26. The number of hydrogen-bond donors (Lipinski definition) is 0. The summed E-state index contributed by atoms with van der Waals surface area (Å²) in [5.41, 5.74) is 0.982. The summed E-state index contributed by atoms with van der Waals surface area (Å²) in [6.07, 6.45) is -0.484. The van der Waals surface area contributed by atoms with Gasteiger partial charge >= 0.3 is 0 Å². The van der Waals surface area contributed by atoms with E-state index in [0.717, 1.165) is 10.9 Å². The van der Waals surface area contributed by atoms with E-state index in [0.29, 0.717) is 19.0 Å². The first-order valence-corrected chi connectivity index (χ1v) is 7.98. The lowest BCUT2D eigenvalue weighted by molar-refractivity contribution is -0.149. The van der Waals surface area contributed by atoms with Crippen LogP contribution in [-0.4, -0.2) is 52.0 Å². The summed E-state index contributed by atoms with van der Waals surface area (Å²) < 4.78 is 13.3. The van der Waals surface area contributed by atoms with Crippen LogP contribution >= 0.6 is 0 Å². The number of hydrogen-bond acceptors (Lipinski definition) is 4. The molecule has 0 saturated carbocycles. The first-order chi connectivity index (χ1) is 11.0. The van der Waals surface area contributed by atoms with Crippen LogP contribution in [0.3, 0.4) is 0 Å². The molecule has 6 nitrogen and oxygen atoms in total. The number of para-hydroxylation sites is 1. The maximum atomic E-state index is 12.6. The fraction of sp³-hybridized carbons (Fsp3) is 0.529. The number of benzene rings is 1. The van der Waals surface area contributed by atoms with Gasteiger partial charge in [-0.2, -0.15) is 0 Å². The fourth-order valence-electron chi connectivity index (χ4n) is 3.10. The third-order valence-electron chi connectivity index (χ3n) is 4.09. The van der Waals surface area contributed by atoms with Crippen molar-refractivity contribution in [1.29, 1.82) is 0 Å². The van der Waals surface area contributed by atoms with Crippen molar-refractivity contribution in [3.8, 4) is 5.88 Å². The van der Waals surface area contributed by atoms with E-state index in [9.17, 15) is 4.79 Å². The standard InChI is InChI=1S/C17H23N3O3/c1-11-9-20(10-12(2)22-11)17(21)13(3)23-16-14-7-5-6-8-15(14)19(4)18-16/h5-8,11-13H,9-10H2,1-4H3/t11-,12-,13-/m1/s1. The zero-order valence-corrected chi connectivity index (χ0v) is 14.0. The van der Waals surface area contributed by atoms with Gasteiger partial charge in [-0.1, -0.05) is 12.1 Å². The van der Waals surface area contributed by atoms with Crippen molar-refractivity contribution >= 4 is 16.8 Å². The Labute approximate surface area is 136 Å². The molecule has 2 heterocycles. The molecular formula is C17H23N3O3. The molecule has 2 aromatic rings. The van der Waals surface area contributed by atoms with E-state index in [-0.39, 0.29) is 18.1 Å². The van der Waals surface area contributed by atoms with E-state index >= 15 is 0 Å². The average molecular weight is 317 g/mol. The number of ether oxygens (including phenoxy) is 2. The van der Waals surface area contributed by atoms with Gasteiger partial charge in [0.25, 0.3) is 5.91 Å². The normalized spacial score (nSPS) is 23.0. The monoisotopic (exact) mass is 317 g/mol. The van der Waals surface area contributed by atoms with E-state index in [4.69, 9.17) is 9.47 Å². The topological polar surface area (TPSA) is 56.6 Å². The Hall–Kier alpha value is -2.08. The highest BCUT2D eigenvalue weighted by Crippen LogP contribution is 2.25. The molecule has 0 spiro atoms. The van der Waals surface area contributed by atoms with Gasteiger partial charge in [0.1, 0.15) is 0 Å². The summed E-state index contributed by atoms with van der Waals surface area (Å²) in [4.78, 5) is 14.5. The quantitative estimate of drug-likeness (QED) is 0.868. The molecule has 0 radical (unpaired) electrons. The van der Waals surface area contributed by atoms with Gasteiger partial charge in [0.2, 0.25) is 5.88 Å². The van der Waals surface area contributed by atoms with Crippen LogP contribution < -0.4 is 4.74 Å². The van der Waals surface area contributed by atoms with Gasteiger partial charge in [-0.25, -0.2) is 0 Å². The maximum absolute atomic E-state index is 12.6. The Morgan fingerprint density at radius 1 is 1.30 bits per heavy atom. The van der Waals surface area contributed by atoms with Crippen LogP contribution in [0.4, 0.5) is 0 Å². The van der Waals surface area contributed by atoms with Crippen molar-refractivity contribution in [3.05, 3.63) is 24.3 Å². The van der Waals surface area contributed by atoms with Gasteiger partial charge < -0.3 is 14.4 Å². The Balaban J connectivity index is 1.75. The number of rotatable bonds is 3. The lowest BCUT2D eigenvalue weighted by Crippen LogP contribution is -2.51. The molecular weight excluding hydrogens is 294 g/mol. The third kappa shape index (κ3) is 3.17. The minimum atomic E-state index is -0.578. The highest BCUT2D eigenvalue weighted by Gasteiger charge is 2.30. The minimum Gasteiger partial charge on any atom is -0.463 e. The molecule has 1 aliphatic rings. The SMILES string of the molecule is C[C@@H]1CN(C(=O)[C@@H](C)Oc2nn(C)c3ccccc23)C[C@@H](C)O1. The summed E-state index contributed by atoms with van der Waals surface area (Å²) in [6, 6.07) is 7.83. The Morgan fingerprint density at radius 3 is 2.65 bits per heavy atom. The predicted octanol–water partition coefficient (Wildman–Crippen LogP) is 1.98. The zero-order chi connectivity index (χ0) is 16.6. The molecule has 0 N–H and O–H groups in total. The van der Waals surface area contributed by atoms with E-state index in [1.807, 2.05) is 50.1 Å². The second-order valence-electron chi connectivity index (χ2n) is 6.21. The van der Waals surface area contributed by atoms with Crippen molar-refractivity contribution in [2.24, 2.45) is 7.05 Å². The first-order valence-electron chi connectivity index (χ1n) is 7.98. The Morgan fingerprint density at radius 2 is 1.96 bits per heavy atom. The van der Waals surface area contributed by atoms with Crippen molar-refractivity contribution in [2.45, 2.75) is 39.1 Å². The minimum absolute atomic E-state index is 0.0262. The second-order valence-corrected chi connectivity index (χ2v) is 6.21. The predicted molar refractivity (Wildman–Crippen MR) is 87.4 cm³/mol. The molecule has 1 aliphatic heterocycles. The number of aryl methyl sites for hydroxylation is 1. The van der Waals surface area contributed by atoms with Crippen LogP contribution in [0.5, 0.6) is 5.88 Å². The van der Waals surface area contributed by atoms with Crippen LogP contribution in [0.2, 0.25) is 0 Å². The molecule has 0 unspecified atom stereocenters. The first kappa shape index (κ1) is 15.8. The van der Waals surface area contributed by atoms with Crippen LogP contribution in [0.15, 0.2) is 24.3 Å². The molecule has 3 rings (SSSR count). The summed E-state index contributed by atoms with van der Waals surface area (Å²) in [6.45, 7) is 6.93. The number of amides is 1. The van der Waals surface area contributed by atoms with Crippen molar-refractivity contribution in [1.82, 2.24) is 14.7 Å². The molecule has 0 aliphatic carbocycles. The molecule has 1 fully saturated rings. The second kappa shape index (κ2) is 6.20. The number of fused-ring (bicyclic) bond motifs is 1. The summed E-state index contributed by atoms with van der Waals surface area (Å²) in [5.74, 6) is 0.472. The molecule has 1 aromatic carbocycles. The molecule has 0 bridgehead atoms. The van der Waals surface area contributed by atoms with Crippen molar-refractivity contribution in [2.75, 3.05) is 13.1 Å². The van der Waals surface area contributed by atoms with Gasteiger partial charge in [-0.15, -0.1) is 5.10 Å². The largest absolute Gasteiger partial charge is 0.463 e. The average Bonchev–Trinajstić information content (AvgIpc) is 2.82. The van der Waals surface area contributed by atoms with E-state index in [2.05, 4.69) is 5.10 Å². The summed E-state index contributed by atoms with van der Waals surface area (Å²) in [7, 11) is 1.87. The molecule has 1 amide bonds. The van der Waals surface area contributed by atoms with Gasteiger partial charge in [-0.05, 0) is 32.9 Å². The number of morpholine rings is 1. The Bertz CT molecular complexity index is 702. The molecule has 3 atom stereocenters. The third-order valence-corrected chi connectivity index (χ3v) is 4.09. The fourth-order valence-corrected chi connectivity index (χ4v) is 3.10. The van der Waals surface area contributed by atoms with E-state index in [1.54, 1.807) is 11.6 Å². The molecule has 124 valence electrons. The number of nitrogens with zero attached hydrogens (tertiary/aromatic N) is 3. The maximum Gasteiger partial charge on any atom is 0.263 e. The lowest BCUT2D eigenvalue weighted by atomic mass is 10.2. The van der Waals surface area contributed by atoms with E-state index in [1.165, 1.54) is 0 Å². The lowest BCUT2D eigenvalue weighted by Gasteiger charge is -2.36. The van der Waals surface area contributed by atoms with Crippen LogP contribution in [-0.2, 0) is 16.6 Å². The van der Waals surface area contributed by atoms with Crippen molar-refractivity contribution < 1.29 is 14.3 Å². The molecule has 6 heteroatoms. The van der Waals surface area contributed by atoms with E-state index < -0.39 is 6.10 Å². The smallest absolute Gasteiger partial charge is 0.263 e. The van der Waals surface area contributed by atoms with Gasteiger partial charge in [0.15, 0.2) is 6.10 Å². The van der Waals surface area contributed by atoms with Crippen LogP contribution in [0.1, 0.15) is 20.8 Å². The van der Waals surface area contributed by atoms with Gasteiger partial charge in [-0.3, -0.25) is 9.48 Å². The van der Waals surface area contributed by atoms with Crippen LogP contribution in [0.25, 0.3) is 10.9 Å². The van der Waals surface area contributed by atoms with Gasteiger partial charge in [0.05, 0.1) is 23.1 Å². The number of carbonyl (C=O) groups excluding carboxylic acids is 1. The van der Waals surface area contributed by atoms with Gasteiger partial charge in [0, 0.05) is 20.1 Å². The summed E-state index contributed by atoms with van der Waals surface area (Å²) in [5, 5.41) is 5.30. The molecule has 1 saturated heterocycles. The molecule has 1 aromatic heterocycles. The number of carbonyl (C=O) groups is 1. The van der Waals surface area contributed by atoms with Crippen molar-refractivity contribution in [3.63, 3.8) is 0 Å². The molecule has 23 heavy (non-hydrogen) atoms. The van der Waals surface area contributed by atoms with Crippen LogP contribution in [0, 0.1) is 0 Å². The number of aromatic nitrogens is 2. The highest BCUT2D eigenvalue weighted by molar-refractivity contribution is 5.86.